The quantitative estimate of drug-likeness (QED) is 0.512. The number of hydrogen-bond acceptors (Lipinski definition) is 7. The van der Waals surface area contributed by atoms with Crippen LogP contribution in [0.5, 0.6) is 0 Å². The van der Waals surface area contributed by atoms with Gasteiger partial charge in [-0.2, -0.15) is 0 Å². The van der Waals surface area contributed by atoms with Gasteiger partial charge in [0.15, 0.2) is 0 Å². The molecule has 0 aliphatic carbocycles. The molecule has 0 unspecified atom stereocenters. The first-order chi connectivity index (χ1) is 12.3. The molecule has 150 valence electrons. The smallest absolute Gasteiger partial charge is 0.317 e. The van der Waals surface area contributed by atoms with E-state index < -0.39 is 11.9 Å². The molecular formula is C17H32N4O5. The number of Topliss-reactive ketones (excluding diaryl/α,β-unsaturated/α-hetero) is 1. The molecule has 1 rings (SSSR count). The number of aliphatic carboxylic acids is 2. The summed E-state index contributed by atoms with van der Waals surface area (Å²) in [7, 11) is 0. The van der Waals surface area contributed by atoms with Gasteiger partial charge in [0.1, 0.15) is 5.78 Å². The predicted octanol–water partition coefficient (Wildman–Crippen LogP) is -1.11. The number of carboxylic acids is 2. The molecule has 26 heavy (non-hydrogen) atoms. The van der Waals surface area contributed by atoms with Crippen molar-refractivity contribution in [2.45, 2.75) is 13.8 Å². The van der Waals surface area contributed by atoms with Gasteiger partial charge in [-0.05, 0) is 0 Å². The lowest BCUT2D eigenvalue weighted by Crippen LogP contribution is -2.47. The molecule has 0 aromatic carbocycles. The van der Waals surface area contributed by atoms with Crippen LogP contribution in [0.3, 0.4) is 0 Å². The number of nitrogens with zero attached hydrogens (tertiary/aromatic N) is 3. The largest absolute Gasteiger partial charge is 0.480 e. The van der Waals surface area contributed by atoms with Gasteiger partial charge in [-0.3, -0.25) is 29.1 Å². The van der Waals surface area contributed by atoms with Gasteiger partial charge < -0.3 is 15.5 Å². The zero-order valence-electron chi connectivity index (χ0n) is 15.8. The van der Waals surface area contributed by atoms with E-state index in [2.05, 4.69) is 10.2 Å². The van der Waals surface area contributed by atoms with E-state index in [9.17, 15) is 14.4 Å². The summed E-state index contributed by atoms with van der Waals surface area (Å²) in [5, 5.41) is 21.4. The second-order valence-corrected chi connectivity index (χ2v) is 6.99. The van der Waals surface area contributed by atoms with Crippen LogP contribution in [-0.2, 0) is 14.4 Å². The minimum absolute atomic E-state index is 0.0240. The first-order valence-electron chi connectivity index (χ1n) is 9.12. The van der Waals surface area contributed by atoms with Gasteiger partial charge in [0.05, 0.1) is 19.6 Å². The Balaban J connectivity index is 2.71. The molecule has 0 spiro atoms. The first-order valence-corrected chi connectivity index (χ1v) is 9.12. The van der Waals surface area contributed by atoms with Crippen LogP contribution in [0, 0.1) is 5.92 Å². The molecular weight excluding hydrogens is 340 g/mol. The highest BCUT2D eigenvalue weighted by Crippen LogP contribution is 2.01. The Hall–Kier alpha value is -1.55. The maximum atomic E-state index is 12.1. The van der Waals surface area contributed by atoms with Crippen LogP contribution in [-0.4, -0.2) is 115 Å². The Morgan fingerprint density at radius 2 is 1.15 bits per heavy atom. The second kappa shape index (κ2) is 11.9. The minimum atomic E-state index is -0.909. The molecule has 0 bridgehead atoms. The number of carboxylic acid groups (broad SMARTS) is 2. The first kappa shape index (κ1) is 22.5. The van der Waals surface area contributed by atoms with Crippen LogP contribution in [0.2, 0.25) is 0 Å². The van der Waals surface area contributed by atoms with Gasteiger partial charge in [0, 0.05) is 58.3 Å². The van der Waals surface area contributed by atoms with Crippen molar-refractivity contribution in [3.05, 3.63) is 0 Å². The molecule has 1 aliphatic rings. The van der Waals surface area contributed by atoms with Crippen molar-refractivity contribution in [3.63, 3.8) is 0 Å². The van der Waals surface area contributed by atoms with E-state index in [0.29, 0.717) is 58.9 Å². The summed E-state index contributed by atoms with van der Waals surface area (Å²) in [4.78, 5) is 39.8. The second-order valence-electron chi connectivity index (χ2n) is 6.99. The molecule has 1 fully saturated rings. The summed E-state index contributed by atoms with van der Waals surface area (Å²) in [5.41, 5.74) is 0. The fourth-order valence-corrected chi connectivity index (χ4v) is 2.76. The summed E-state index contributed by atoms with van der Waals surface area (Å²) in [6.07, 6.45) is 0. The molecule has 0 radical (unpaired) electrons. The van der Waals surface area contributed by atoms with E-state index in [4.69, 9.17) is 10.2 Å². The lowest BCUT2D eigenvalue weighted by atomic mass is 10.1. The Bertz CT molecular complexity index is 472. The topological polar surface area (TPSA) is 113 Å². The average Bonchev–Trinajstić information content (AvgIpc) is 2.53. The van der Waals surface area contributed by atoms with E-state index in [1.807, 2.05) is 18.7 Å². The number of hydrogen-bond donors (Lipinski definition) is 3. The Labute approximate surface area is 154 Å². The van der Waals surface area contributed by atoms with Crippen LogP contribution in [0.4, 0.5) is 0 Å². The van der Waals surface area contributed by atoms with Gasteiger partial charge in [-0.25, -0.2) is 0 Å². The fourth-order valence-electron chi connectivity index (χ4n) is 2.76. The van der Waals surface area contributed by atoms with E-state index in [1.165, 1.54) is 0 Å². The average molecular weight is 372 g/mol. The van der Waals surface area contributed by atoms with Crippen molar-refractivity contribution in [1.29, 1.82) is 0 Å². The fraction of sp³-hybridized carbons (Fsp3) is 0.824. The Morgan fingerprint density at radius 1 is 0.769 bits per heavy atom. The van der Waals surface area contributed by atoms with Crippen molar-refractivity contribution in [1.82, 2.24) is 20.0 Å². The van der Waals surface area contributed by atoms with Crippen molar-refractivity contribution in [2.24, 2.45) is 5.92 Å². The molecule has 1 saturated heterocycles. The normalized spacial score (nSPS) is 19.7. The van der Waals surface area contributed by atoms with E-state index >= 15 is 0 Å². The van der Waals surface area contributed by atoms with E-state index in [0.717, 1.165) is 0 Å². The third-order valence-electron chi connectivity index (χ3n) is 4.42. The molecule has 9 heteroatoms. The van der Waals surface area contributed by atoms with Crippen LogP contribution < -0.4 is 5.32 Å². The van der Waals surface area contributed by atoms with Crippen molar-refractivity contribution in [3.8, 4) is 0 Å². The Morgan fingerprint density at radius 3 is 1.54 bits per heavy atom. The van der Waals surface area contributed by atoms with E-state index in [1.54, 1.807) is 4.90 Å². The van der Waals surface area contributed by atoms with Gasteiger partial charge in [0.25, 0.3) is 0 Å². The molecule has 0 amide bonds. The third-order valence-corrected chi connectivity index (χ3v) is 4.42. The van der Waals surface area contributed by atoms with Crippen molar-refractivity contribution in [2.75, 3.05) is 72.0 Å². The van der Waals surface area contributed by atoms with Crippen LogP contribution >= 0.6 is 0 Å². The highest BCUT2D eigenvalue weighted by molar-refractivity contribution is 5.82. The minimum Gasteiger partial charge on any atom is -0.480 e. The SMILES string of the molecule is CC(C)C(=O)CN1CCNCCN(CC(=O)O)CCN(CC(=O)O)CC1. The van der Waals surface area contributed by atoms with Crippen LogP contribution in [0.1, 0.15) is 13.8 Å². The summed E-state index contributed by atoms with van der Waals surface area (Å²) in [6.45, 7) is 8.70. The maximum absolute atomic E-state index is 12.1. The number of carbonyl (C=O) groups is 3. The maximum Gasteiger partial charge on any atom is 0.317 e. The third kappa shape index (κ3) is 9.81. The molecule has 0 atom stereocenters. The molecule has 9 nitrogen and oxygen atoms in total. The number of nitrogens with one attached hydrogen (secondary N) is 1. The van der Waals surface area contributed by atoms with E-state index in [-0.39, 0.29) is 24.8 Å². The monoisotopic (exact) mass is 372 g/mol. The molecule has 0 saturated carbocycles. The van der Waals surface area contributed by atoms with Gasteiger partial charge in [0.2, 0.25) is 0 Å². The van der Waals surface area contributed by atoms with Gasteiger partial charge in [-0.1, -0.05) is 13.8 Å². The molecule has 0 aromatic rings. The van der Waals surface area contributed by atoms with Crippen molar-refractivity contribution >= 4 is 17.7 Å². The zero-order chi connectivity index (χ0) is 19.5. The summed E-state index contributed by atoms with van der Waals surface area (Å²) >= 11 is 0. The predicted molar refractivity (Wildman–Crippen MR) is 97.3 cm³/mol. The van der Waals surface area contributed by atoms with Gasteiger partial charge in [-0.15, -0.1) is 0 Å². The van der Waals surface area contributed by atoms with Crippen LogP contribution in [0.25, 0.3) is 0 Å². The lowest BCUT2D eigenvalue weighted by Gasteiger charge is -2.30. The lowest BCUT2D eigenvalue weighted by molar-refractivity contribution is -0.140. The zero-order valence-corrected chi connectivity index (χ0v) is 15.8. The van der Waals surface area contributed by atoms with Crippen molar-refractivity contribution < 1.29 is 24.6 Å². The molecule has 0 aromatic heterocycles. The summed E-state index contributed by atoms with van der Waals surface area (Å²) < 4.78 is 0. The van der Waals surface area contributed by atoms with Crippen LogP contribution in [0.15, 0.2) is 0 Å². The number of rotatable bonds is 7. The number of ketones is 1. The molecule has 1 heterocycles. The molecule has 1 aliphatic heterocycles. The standard InChI is InChI=1S/C17H32N4O5/c1-14(2)15(22)11-19-5-3-18-4-6-20(12-16(23)24)8-10-21(9-7-19)13-17(25)26/h14,18H,3-13H2,1-2H3,(H,23,24)(H,25,26). The highest BCUT2D eigenvalue weighted by atomic mass is 16.4. The highest BCUT2D eigenvalue weighted by Gasteiger charge is 2.18. The van der Waals surface area contributed by atoms with Gasteiger partial charge >= 0.3 is 11.9 Å². The summed E-state index contributed by atoms with van der Waals surface area (Å²) in [5.74, 6) is -1.65. The Kier molecular flexibility index (Phi) is 10.3. The number of carbonyl (C=O) groups excluding carboxylic acids is 1. The summed E-state index contributed by atoms with van der Waals surface area (Å²) in [6, 6.07) is 0. The molecule has 3 N–H and O–H groups in total.